The highest BCUT2D eigenvalue weighted by Gasteiger charge is 2.42. The number of phenolic OH excluding ortho intramolecular Hbond substituents is 2. The lowest BCUT2D eigenvalue weighted by Gasteiger charge is -2.43. The third-order valence-electron chi connectivity index (χ3n) is 8.99. The molecule has 3 rings (SSSR count). The summed E-state index contributed by atoms with van der Waals surface area (Å²) in [5.41, 5.74) is 2.58. The van der Waals surface area contributed by atoms with Crippen LogP contribution in [0.25, 0.3) is 0 Å². The zero-order chi connectivity index (χ0) is 26.7. The molecule has 0 bridgehead atoms. The van der Waals surface area contributed by atoms with Crippen LogP contribution in [0.5, 0.6) is 17.2 Å². The van der Waals surface area contributed by atoms with E-state index in [4.69, 9.17) is 4.74 Å². The molecule has 206 valence electrons. The molecule has 1 heterocycles. The summed E-state index contributed by atoms with van der Waals surface area (Å²) in [5, 5.41) is 19.8. The van der Waals surface area contributed by atoms with Crippen molar-refractivity contribution in [1.29, 1.82) is 0 Å². The minimum absolute atomic E-state index is 0.177. The largest absolute Gasteiger partial charge is 0.508 e. The maximum atomic E-state index is 12.4. The van der Waals surface area contributed by atoms with Crippen molar-refractivity contribution in [3.63, 3.8) is 0 Å². The van der Waals surface area contributed by atoms with Gasteiger partial charge >= 0.3 is 0 Å². The molecule has 0 spiro atoms. The Morgan fingerprint density at radius 1 is 0.865 bits per heavy atom. The Morgan fingerprint density at radius 2 is 1.46 bits per heavy atom. The highest BCUT2D eigenvalue weighted by molar-refractivity contribution is 5.48. The second-order valence-electron chi connectivity index (χ2n) is 11.9. The fourth-order valence-electron chi connectivity index (χ4n) is 6.12. The van der Waals surface area contributed by atoms with Crippen LogP contribution in [0, 0.1) is 5.41 Å². The zero-order valence-electron chi connectivity index (χ0n) is 23.4. The van der Waals surface area contributed by atoms with E-state index in [1.54, 1.807) is 24.3 Å². The average molecular weight is 513 g/mol. The first-order valence-corrected chi connectivity index (χ1v) is 14.6. The molecule has 0 radical (unpaired) electrons. The number of unbranched alkanes of at least 4 members (excludes halogenated alkanes) is 7. The molecule has 0 fully saturated rings. The van der Waals surface area contributed by atoms with Crippen LogP contribution < -0.4 is 4.74 Å². The molecule has 0 aliphatic carbocycles. The Hall–Kier alpha value is -2.23. The minimum atomic E-state index is -0.188. The van der Waals surface area contributed by atoms with Gasteiger partial charge in [-0.15, -0.1) is 0 Å². The number of phenols is 2. The lowest BCUT2D eigenvalue weighted by molar-refractivity contribution is 0.162. The summed E-state index contributed by atoms with van der Waals surface area (Å²) in [6.07, 6.45) is 15.2. The predicted octanol–water partition coefficient (Wildman–Crippen LogP) is 9.60. The van der Waals surface area contributed by atoms with E-state index in [0.29, 0.717) is 17.9 Å². The SMILES string of the molecule is CCC(C)(CCCCCF)CCCCCCCCC1c2ccc(O)cc2OC[C@]1(C)c1ccc(O)cc1. The summed E-state index contributed by atoms with van der Waals surface area (Å²) >= 11 is 0. The van der Waals surface area contributed by atoms with Crippen LogP contribution in [0.1, 0.15) is 121 Å². The number of fused-ring (bicyclic) bond motifs is 1. The number of benzene rings is 2. The van der Waals surface area contributed by atoms with Gasteiger partial charge in [0.15, 0.2) is 0 Å². The molecule has 2 unspecified atom stereocenters. The lowest BCUT2D eigenvalue weighted by Crippen LogP contribution is -2.40. The summed E-state index contributed by atoms with van der Waals surface area (Å²) in [4.78, 5) is 0. The van der Waals surface area contributed by atoms with Gasteiger partial charge in [-0.2, -0.15) is 0 Å². The van der Waals surface area contributed by atoms with Crippen molar-refractivity contribution >= 4 is 0 Å². The van der Waals surface area contributed by atoms with Crippen LogP contribution in [0.2, 0.25) is 0 Å². The molecule has 3 atom stereocenters. The van der Waals surface area contributed by atoms with E-state index in [-0.39, 0.29) is 23.6 Å². The summed E-state index contributed by atoms with van der Waals surface area (Å²) < 4.78 is 18.5. The molecule has 0 saturated carbocycles. The summed E-state index contributed by atoms with van der Waals surface area (Å²) in [5.74, 6) is 1.61. The van der Waals surface area contributed by atoms with Gasteiger partial charge in [0.05, 0.1) is 13.3 Å². The lowest BCUT2D eigenvalue weighted by atomic mass is 9.66. The van der Waals surface area contributed by atoms with E-state index < -0.39 is 0 Å². The van der Waals surface area contributed by atoms with Crippen molar-refractivity contribution in [2.24, 2.45) is 5.41 Å². The first-order chi connectivity index (χ1) is 17.8. The number of ether oxygens (including phenoxy) is 1. The molecule has 1 aliphatic heterocycles. The molecule has 2 N–H and O–H groups in total. The topological polar surface area (TPSA) is 49.7 Å². The second-order valence-corrected chi connectivity index (χ2v) is 11.9. The van der Waals surface area contributed by atoms with E-state index >= 15 is 0 Å². The minimum Gasteiger partial charge on any atom is -0.508 e. The van der Waals surface area contributed by atoms with Gasteiger partial charge in [-0.1, -0.05) is 96.8 Å². The monoisotopic (exact) mass is 512 g/mol. The molecule has 0 amide bonds. The number of aromatic hydroxyl groups is 2. The number of hydrogen-bond acceptors (Lipinski definition) is 3. The fourth-order valence-corrected chi connectivity index (χ4v) is 6.12. The number of halogens is 1. The molecule has 1 aliphatic rings. The van der Waals surface area contributed by atoms with Gasteiger partial charge in [0.1, 0.15) is 17.2 Å². The Balaban J connectivity index is 1.48. The van der Waals surface area contributed by atoms with Crippen molar-refractivity contribution in [1.82, 2.24) is 0 Å². The highest BCUT2D eigenvalue weighted by atomic mass is 19.1. The normalized spacial score (nSPS) is 20.7. The molecule has 37 heavy (non-hydrogen) atoms. The Kier molecular flexibility index (Phi) is 11.2. The first-order valence-electron chi connectivity index (χ1n) is 14.6. The molecular weight excluding hydrogens is 463 g/mol. The van der Waals surface area contributed by atoms with Crippen molar-refractivity contribution in [3.8, 4) is 17.2 Å². The standard InChI is InChI=1S/C33H49FO3/c1-4-32(2,22-12-9-13-23-34)21-11-8-6-5-7-10-14-30-29-20-19-28(36)24-31(29)37-25-33(30,3)26-15-17-27(35)18-16-26/h15-20,24,30,35-36H,4-14,21-23,25H2,1-3H3/t30?,32?,33-/m1/s1. The van der Waals surface area contributed by atoms with Crippen molar-refractivity contribution in [3.05, 3.63) is 53.6 Å². The number of hydrogen-bond donors (Lipinski definition) is 2. The Bertz CT molecular complexity index is 943. The van der Waals surface area contributed by atoms with Gasteiger partial charge in [-0.25, -0.2) is 0 Å². The number of alkyl halides is 1. The van der Waals surface area contributed by atoms with E-state index in [2.05, 4.69) is 20.8 Å². The van der Waals surface area contributed by atoms with E-state index in [0.717, 1.165) is 31.4 Å². The molecule has 2 aromatic rings. The smallest absolute Gasteiger partial charge is 0.126 e. The quantitative estimate of drug-likeness (QED) is 0.220. The van der Waals surface area contributed by atoms with Gasteiger partial charge in [0.25, 0.3) is 0 Å². The van der Waals surface area contributed by atoms with Crippen LogP contribution in [0.15, 0.2) is 42.5 Å². The van der Waals surface area contributed by atoms with E-state index in [1.807, 2.05) is 18.2 Å². The summed E-state index contributed by atoms with van der Waals surface area (Å²) in [7, 11) is 0. The van der Waals surface area contributed by atoms with Crippen LogP contribution in [-0.2, 0) is 5.41 Å². The van der Waals surface area contributed by atoms with E-state index in [1.165, 1.54) is 68.9 Å². The zero-order valence-corrected chi connectivity index (χ0v) is 23.4. The van der Waals surface area contributed by atoms with Gasteiger partial charge < -0.3 is 14.9 Å². The predicted molar refractivity (Wildman–Crippen MR) is 152 cm³/mol. The average Bonchev–Trinajstić information content (AvgIpc) is 2.89. The molecule has 4 heteroatoms. The first kappa shape index (κ1) is 29.3. The summed E-state index contributed by atoms with van der Waals surface area (Å²) in [6.45, 7) is 7.37. The van der Waals surface area contributed by atoms with Gasteiger partial charge in [0, 0.05) is 17.4 Å². The Labute approximate surface area is 224 Å². The maximum absolute atomic E-state index is 12.4. The Morgan fingerprint density at radius 3 is 2.11 bits per heavy atom. The van der Waals surface area contributed by atoms with Crippen LogP contribution >= 0.6 is 0 Å². The molecule has 2 aromatic carbocycles. The van der Waals surface area contributed by atoms with Crippen molar-refractivity contribution in [2.45, 2.75) is 116 Å². The maximum Gasteiger partial charge on any atom is 0.126 e. The van der Waals surface area contributed by atoms with Gasteiger partial charge in [0.2, 0.25) is 0 Å². The number of rotatable bonds is 16. The van der Waals surface area contributed by atoms with E-state index in [9.17, 15) is 14.6 Å². The third-order valence-corrected chi connectivity index (χ3v) is 8.99. The third kappa shape index (κ3) is 8.12. The second kappa shape index (κ2) is 14.1. The van der Waals surface area contributed by atoms with Crippen LogP contribution in [0.4, 0.5) is 4.39 Å². The van der Waals surface area contributed by atoms with Crippen molar-refractivity contribution in [2.75, 3.05) is 13.3 Å². The van der Waals surface area contributed by atoms with Crippen molar-refractivity contribution < 1.29 is 19.3 Å². The molecular formula is C33H49FO3. The molecule has 3 nitrogen and oxygen atoms in total. The molecule has 0 saturated heterocycles. The van der Waals surface area contributed by atoms with Crippen LogP contribution in [0.3, 0.4) is 0 Å². The van der Waals surface area contributed by atoms with Crippen LogP contribution in [-0.4, -0.2) is 23.5 Å². The fraction of sp³-hybridized carbons (Fsp3) is 0.636. The highest BCUT2D eigenvalue weighted by Crippen LogP contribution is 2.49. The van der Waals surface area contributed by atoms with Gasteiger partial charge in [-0.3, -0.25) is 4.39 Å². The summed E-state index contributed by atoms with van der Waals surface area (Å²) in [6, 6.07) is 13.1. The van der Waals surface area contributed by atoms with Gasteiger partial charge in [-0.05, 0) is 60.4 Å². The molecule has 0 aromatic heterocycles.